The molecule has 0 aliphatic carbocycles. The predicted molar refractivity (Wildman–Crippen MR) is 94.4 cm³/mol. The van der Waals surface area contributed by atoms with Gasteiger partial charge in [0.05, 0.1) is 11.4 Å². The molecule has 0 saturated heterocycles. The second-order valence-corrected chi connectivity index (χ2v) is 6.17. The minimum absolute atomic E-state index is 0.195. The maximum atomic E-state index is 11.9. The number of amides is 1. The summed E-state index contributed by atoms with van der Waals surface area (Å²) in [6.45, 7) is 0.344. The number of halogens is 1. The van der Waals surface area contributed by atoms with Crippen molar-refractivity contribution >= 4 is 34.9 Å². The molecular formula is C18H14ClNO2S. The Kier molecular flexibility index (Phi) is 4.95. The van der Waals surface area contributed by atoms with E-state index in [-0.39, 0.29) is 5.91 Å². The SMILES string of the molecule is O=C(/C=C/c1ccccc1Cl)NCc1ccc(-c2cccs2)o1. The normalized spacial score (nSPS) is 11.0. The first-order valence-electron chi connectivity index (χ1n) is 7.05. The first-order chi connectivity index (χ1) is 11.2. The standard InChI is InChI=1S/C18H14ClNO2S/c19-15-5-2-1-4-13(15)7-10-18(21)20-12-14-8-9-16(22-14)17-6-3-11-23-17/h1-11H,12H2,(H,20,21)/b10-7+. The van der Waals surface area contributed by atoms with Crippen LogP contribution in [0.5, 0.6) is 0 Å². The van der Waals surface area contributed by atoms with Gasteiger partial charge in [-0.15, -0.1) is 11.3 Å². The molecule has 5 heteroatoms. The van der Waals surface area contributed by atoms with Crippen molar-refractivity contribution in [2.75, 3.05) is 0 Å². The van der Waals surface area contributed by atoms with Crippen LogP contribution in [0, 0.1) is 0 Å². The third kappa shape index (κ3) is 4.12. The molecule has 0 spiro atoms. The molecule has 0 unspecified atom stereocenters. The van der Waals surface area contributed by atoms with Gasteiger partial charge in [0.2, 0.25) is 5.91 Å². The molecule has 1 N–H and O–H groups in total. The molecule has 0 fully saturated rings. The Bertz CT molecular complexity index is 821. The van der Waals surface area contributed by atoms with Gasteiger partial charge in [0.25, 0.3) is 0 Å². The Labute approximate surface area is 143 Å². The molecular weight excluding hydrogens is 330 g/mol. The lowest BCUT2D eigenvalue weighted by atomic mass is 10.2. The van der Waals surface area contributed by atoms with Gasteiger partial charge in [-0.2, -0.15) is 0 Å². The summed E-state index contributed by atoms with van der Waals surface area (Å²) in [7, 11) is 0. The van der Waals surface area contributed by atoms with Gasteiger partial charge in [-0.3, -0.25) is 4.79 Å². The van der Waals surface area contributed by atoms with E-state index in [1.54, 1.807) is 23.5 Å². The van der Waals surface area contributed by atoms with E-state index in [4.69, 9.17) is 16.0 Å². The molecule has 0 atom stereocenters. The summed E-state index contributed by atoms with van der Waals surface area (Å²) in [4.78, 5) is 12.9. The summed E-state index contributed by atoms with van der Waals surface area (Å²) in [6, 6.07) is 15.1. The Hall–Kier alpha value is -2.30. The van der Waals surface area contributed by atoms with E-state index in [0.29, 0.717) is 17.3 Å². The molecule has 0 radical (unpaired) electrons. The van der Waals surface area contributed by atoms with Crippen LogP contribution in [-0.2, 0) is 11.3 Å². The number of hydrogen-bond donors (Lipinski definition) is 1. The van der Waals surface area contributed by atoms with E-state index in [0.717, 1.165) is 16.2 Å². The summed E-state index contributed by atoms with van der Waals surface area (Å²) < 4.78 is 5.71. The zero-order valence-corrected chi connectivity index (χ0v) is 13.7. The van der Waals surface area contributed by atoms with E-state index in [2.05, 4.69) is 5.32 Å². The third-order valence-electron chi connectivity index (χ3n) is 3.18. The van der Waals surface area contributed by atoms with Crippen molar-refractivity contribution in [3.8, 4) is 10.6 Å². The zero-order valence-electron chi connectivity index (χ0n) is 12.2. The van der Waals surface area contributed by atoms with Crippen LogP contribution in [0.3, 0.4) is 0 Å². The first-order valence-corrected chi connectivity index (χ1v) is 8.31. The predicted octanol–water partition coefficient (Wildman–Crippen LogP) is 4.99. The van der Waals surface area contributed by atoms with Gasteiger partial charge < -0.3 is 9.73 Å². The number of thiophene rings is 1. The van der Waals surface area contributed by atoms with Crippen LogP contribution in [0.2, 0.25) is 5.02 Å². The van der Waals surface area contributed by atoms with Crippen LogP contribution >= 0.6 is 22.9 Å². The monoisotopic (exact) mass is 343 g/mol. The minimum Gasteiger partial charge on any atom is -0.458 e. The van der Waals surface area contributed by atoms with Crippen LogP contribution in [0.25, 0.3) is 16.7 Å². The number of furan rings is 1. The van der Waals surface area contributed by atoms with Crippen molar-refractivity contribution in [3.05, 3.63) is 76.3 Å². The summed E-state index contributed by atoms with van der Waals surface area (Å²) in [5.41, 5.74) is 0.808. The van der Waals surface area contributed by atoms with Gasteiger partial charge >= 0.3 is 0 Å². The van der Waals surface area contributed by atoms with E-state index in [1.165, 1.54) is 6.08 Å². The maximum Gasteiger partial charge on any atom is 0.244 e. The van der Waals surface area contributed by atoms with Crippen LogP contribution in [0.1, 0.15) is 11.3 Å². The Balaban J connectivity index is 1.56. The van der Waals surface area contributed by atoms with E-state index in [1.807, 2.05) is 47.8 Å². The molecule has 0 bridgehead atoms. The maximum absolute atomic E-state index is 11.9. The summed E-state index contributed by atoms with van der Waals surface area (Å²) in [5, 5.41) is 5.40. The second kappa shape index (κ2) is 7.31. The Morgan fingerprint density at radius 2 is 2.04 bits per heavy atom. The molecule has 2 aromatic heterocycles. The highest BCUT2D eigenvalue weighted by molar-refractivity contribution is 7.13. The van der Waals surface area contributed by atoms with Gasteiger partial charge in [0.1, 0.15) is 11.5 Å². The average molecular weight is 344 g/mol. The van der Waals surface area contributed by atoms with Crippen molar-refractivity contribution in [1.29, 1.82) is 0 Å². The summed E-state index contributed by atoms with van der Waals surface area (Å²) >= 11 is 7.65. The molecule has 0 saturated carbocycles. The van der Waals surface area contributed by atoms with Crippen molar-refractivity contribution in [2.24, 2.45) is 0 Å². The first kappa shape index (κ1) is 15.6. The largest absolute Gasteiger partial charge is 0.458 e. The highest BCUT2D eigenvalue weighted by atomic mass is 35.5. The average Bonchev–Trinajstić information content (AvgIpc) is 3.23. The fourth-order valence-corrected chi connectivity index (χ4v) is 2.92. The van der Waals surface area contributed by atoms with Crippen LogP contribution in [-0.4, -0.2) is 5.91 Å². The van der Waals surface area contributed by atoms with Crippen LogP contribution in [0.15, 0.2) is 64.4 Å². The van der Waals surface area contributed by atoms with Gasteiger partial charge in [0.15, 0.2) is 0 Å². The Morgan fingerprint density at radius 3 is 2.83 bits per heavy atom. The van der Waals surface area contributed by atoms with E-state index in [9.17, 15) is 4.79 Å². The van der Waals surface area contributed by atoms with Crippen molar-refractivity contribution < 1.29 is 9.21 Å². The van der Waals surface area contributed by atoms with Gasteiger partial charge in [-0.05, 0) is 41.3 Å². The molecule has 3 aromatic rings. The molecule has 1 aromatic carbocycles. The molecule has 1 amide bonds. The quantitative estimate of drug-likeness (QED) is 0.663. The molecule has 2 heterocycles. The van der Waals surface area contributed by atoms with Crippen LogP contribution in [0.4, 0.5) is 0 Å². The Morgan fingerprint density at radius 1 is 1.17 bits per heavy atom. The number of nitrogens with one attached hydrogen (secondary N) is 1. The second-order valence-electron chi connectivity index (χ2n) is 4.82. The smallest absolute Gasteiger partial charge is 0.244 e. The number of benzene rings is 1. The highest BCUT2D eigenvalue weighted by Gasteiger charge is 2.06. The fraction of sp³-hybridized carbons (Fsp3) is 0.0556. The number of hydrogen-bond acceptors (Lipinski definition) is 3. The summed E-state index contributed by atoms with van der Waals surface area (Å²) in [5.74, 6) is 1.34. The highest BCUT2D eigenvalue weighted by Crippen LogP contribution is 2.26. The van der Waals surface area contributed by atoms with Crippen molar-refractivity contribution in [2.45, 2.75) is 6.54 Å². The van der Waals surface area contributed by atoms with Gasteiger partial charge in [0, 0.05) is 11.1 Å². The van der Waals surface area contributed by atoms with Gasteiger partial charge in [-0.25, -0.2) is 0 Å². The topological polar surface area (TPSA) is 42.2 Å². The number of carbonyl (C=O) groups excluding carboxylic acids is 1. The minimum atomic E-state index is -0.195. The molecule has 3 nitrogen and oxygen atoms in total. The number of carbonyl (C=O) groups is 1. The van der Waals surface area contributed by atoms with E-state index >= 15 is 0 Å². The van der Waals surface area contributed by atoms with Crippen molar-refractivity contribution in [1.82, 2.24) is 5.32 Å². The molecule has 23 heavy (non-hydrogen) atoms. The lowest BCUT2D eigenvalue weighted by Crippen LogP contribution is -2.19. The molecule has 0 aliphatic heterocycles. The molecule has 0 aliphatic rings. The molecule has 3 rings (SSSR count). The third-order valence-corrected chi connectivity index (χ3v) is 4.41. The number of rotatable bonds is 5. The van der Waals surface area contributed by atoms with Crippen molar-refractivity contribution in [3.63, 3.8) is 0 Å². The van der Waals surface area contributed by atoms with Gasteiger partial charge in [-0.1, -0.05) is 35.9 Å². The van der Waals surface area contributed by atoms with Crippen LogP contribution < -0.4 is 5.32 Å². The lowest BCUT2D eigenvalue weighted by molar-refractivity contribution is -0.116. The molecule has 116 valence electrons. The van der Waals surface area contributed by atoms with E-state index < -0.39 is 0 Å². The fourth-order valence-electron chi connectivity index (χ4n) is 2.03. The zero-order chi connectivity index (χ0) is 16.1. The lowest BCUT2D eigenvalue weighted by Gasteiger charge is -2.00. The summed E-state index contributed by atoms with van der Waals surface area (Å²) in [6.07, 6.45) is 3.15.